The lowest BCUT2D eigenvalue weighted by Crippen LogP contribution is -2.53. The van der Waals surface area contributed by atoms with Crippen LogP contribution in [0, 0.1) is 40.4 Å². The van der Waals surface area contributed by atoms with E-state index in [1.807, 2.05) is 6.08 Å². The fourth-order valence-electron chi connectivity index (χ4n) is 8.12. The topological polar surface area (TPSA) is 57.5 Å². The molecule has 0 aromatic rings. The van der Waals surface area contributed by atoms with Crippen molar-refractivity contribution in [3.63, 3.8) is 0 Å². The Morgan fingerprint density at radius 1 is 1.17 bits per heavy atom. The molecule has 30 heavy (non-hydrogen) atoms. The minimum absolute atomic E-state index is 0.0408. The lowest BCUT2D eigenvalue weighted by atomic mass is 9.48. The Morgan fingerprint density at radius 2 is 1.90 bits per heavy atom. The molecule has 0 aliphatic heterocycles. The predicted molar refractivity (Wildman–Crippen MR) is 121 cm³/mol. The van der Waals surface area contributed by atoms with Gasteiger partial charge >= 0.3 is 0 Å². The average Bonchev–Trinajstić information content (AvgIpc) is 3.00. The van der Waals surface area contributed by atoms with Gasteiger partial charge in [0.15, 0.2) is 5.78 Å². The van der Waals surface area contributed by atoms with Gasteiger partial charge in [-0.2, -0.15) is 0 Å². The van der Waals surface area contributed by atoms with E-state index in [4.69, 9.17) is 0 Å². The van der Waals surface area contributed by atoms with Crippen LogP contribution in [0.4, 0.5) is 0 Å². The van der Waals surface area contributed by atoms with E-state index in [1.165, 1.54) is 12.0 Å². The summed E-state index contributed by atoms with van der Waals surface area (Å²) in [6, 6.07) is 0. The van der Waals surface area contributed by atoms with E-state index in [0.717, 1.165) is 38.5 Å². The molecule has 3 fully saturated rings. The number of hydrogen-bond acceptors (Lipinski definition) is 3. The molecular formula is C27H42O3. The van der Waals surface area contributed by atoms with Gasteiger partial charge in [0.2, 0.25) is 0 Å². The molecule has 0 aromatic carbocycles. The van der Waals surface area contributed by atoms with Gasteiger partial charge in [0.1, 0.15) is 0 Å². The Morgan fingerprint density at radius 3 is 2.60 bits per heavy atom. The molecular weight excluding hydrogens is 372 g/mol. The average molecular weight is 415 g/mol. The van der Waals surface area contributed by atoms with Crippen LogP contribution in [0.2, 0.25) is 0 Å². The zero-order valence-corrected chi connectivity index (χ0v) is 19.7. The van der Waals surface area contributed by atoms with Gasteiger partial charge in [0.25, 0.3) is 0 Å². The highest BCUT2D eigenvalue weighted by atomic mass is 16.3. The second-order valence-corrected chi connectivity index (χ2v) is 11.9. The summed E-state index contributed by atoms with van der Waals surface area (Å²) in [5.74, 6) is 2.38. The van der Waals surface area contributed by atoms with Gasteiger partial charge in [-0.1, -0.05) is 44.9 Å². The zero-order valence-electron chi connectivity index (χ0n) is 19.7. The quantitative estimate of drug-likeness (QED) is 0.474. The second kappa shape index (κ2) is 7.89. The fourth-order valence-corrected chi connectivity index (χ4v) is 8.12. The number of hydrogen-bond donors (Lipinski definition) is 2. The van der Waals surface area contributed by atoms with Crippen LogP contribution in [0.15, 0.2) is 23.3 Å². The van der Waals surface area contributed by atoms with Crippen molar-refractivity contribution in [2.45, 2.75) is 98.2 Å². The summed E-state index contributed by atoms with van der Waals surface area (Å²) in [6.07, 6.45) is 11.4. The minimum Gasteiger partial charge on any atom is -0.393 e. The highest BCUT2D eigenvalue weighted by molar-refractivity contribution is 5.90. The molecule has 0 heterocycles. The van der Waals surface area contributed by atoms with Crippen molar-refractivity contribution in [1.29, 1.82) is 0 Å². The van der Waals surface area contributed by atoms with Gasteiger partial charge in [0, 0.05) is 6.42 Å². The molecule has 0 amide bonds. The first-order valence-corrected chi connectivity index (χ1v) is 12.3. The van der Waals surface area contributed by atoms with Crippen LogP contribution in [0.1, 0.15) is 86.0 Å². The van der Waals surface area contributed by atoms with E-state index in [1.54, 1.807) is 5.57 Å². The van der Waals surface area contributed by atoms with Crippen LogP contribution >= 0.6 is 0 Å². The molecule has 0 saturated heterocycles. The summed E-state index contributed by atoms with van der Waals surface area (Å²) < 4.78 is 0. The van der Waals surface area contributed by atoms with E-state index in [9.17, 15) is 15.0 Å². The number of carbonyl (C=O) groups excluding carboxylic acids is 1. The van der Waals surface area contributed by atoms with Gasteiger partial charge < -0.3 is 10.2 Å². The SMILES string of the molecule is C/C(=C\C(=O)CC(C)C)C1CCC2C3CC(O)C4CC(O)CCC4(C)C3=CCC12C. The summed E-state index contributed by atoms with van der Waals surface area (Å²) >= 11 is 0. The molecule has 0 spiro atoms. The summed E-state index contributed by atoms with van der Waals surface area (Å²) in [4.78, 5) is 12.4. The number of aliphatic hydroxyl groups is 2. The Bertz CT molecular complexity index is 749. The van der Waals surface area contributed by atoms with Crippen molar-refractivity contribution in [3.8, 4) is 0 Å². The molecule has 4 aliphatic rings. The van der Waals surface area contributed by atoms with E-state index in [0.29, 0.717) is 30.1 Å². The molecule has 8 unspecified atom stereocenters. The van der Waals surface area contributed by atoms with E-state index in [-0.39, 0.29) is 34.7 Å². The first-order valence-electron chi connectivity index (χ1n) is 12.3. The smallest absolute Gasteiger partial charge is 0.155 e. The molecule has 4 aliphatic carbocycles. The van der Waals surface area contributed by atoms with Crippen molar-refractivity contribution in [2.75, 3.05) is 0 Å². The third-order valence-electron chi connectivity index (χ3n) is 9.56. The zero-order chi connectivity index (χ0) is 21.8. The second-order valence-electron chi connectivity index (χ2n) is 11.9. The molecule has 8 atom stereocenters. The van der Waals surface area contributed by atoms with Crippen LogP contribution in [-0.2, 0) is 4.79 Å². The minimum atomic E-state index is -0.308. The number of fused-ring (bicyclic) bond motifs is 5. The summed E-state index contributed by atoms with van der Waals surface area (Å²) in [5.41, 5.74) is 3.08. The molecule has 0 aromatic heterocycles. The summed E-state index contributed by atoms with van der Waals surface area (Å²) in [5, 5.41) is 21.3. The van der Waals surface area contributed by atoms with Gasteiger partial charge in [-0.25, -0.2) is 0 Å². The molecule has 3 nitrogen and oxygen atoms in total. The first kappa shape index (κ1) is 22.3. The Hall–Kier alpha value is -0.930. The number of aliphatic hydroxyl groups excluding tert-OH is 2. The van der Waals surface area contributed by atoms with Crippen molar-refractivity contribution in [1.82, 2.24) is 0 Å². The van der Waals surface area contributed by atoms with E-state index < -0.39 is 0 Å². The number of ketones is 1. The molecule has 0 bridgehead atoms. The van der Waals surface area contributed by atoms with Crippen LogP contribution in [-0.4, -0.2) is 28.2 Å². The van der Waals surface area contributed by atoms with Crippen molar-refractivity contribution in [3.05, 3.63) is 23.3 Å². The summed E-state index contributed by atoms with van der Waals surface area (Å²) in [6.45, 7) is 11.2. The van der Waals surface area contributed by atoms with Crippen LogP contribution in [0.25, 0.3) is 0 Å². The summed E-state index contributed by atoms with van der Waals surface area (Å²) in [7, 11) is 0. The van der Waals surface area contributed by atoms with Gasteiger partial charge in [-0.05, 0) is 98.4 Å². The maximum absolute atomic E-state index is 12.4. The van der Waals surface area contributed by atoms with Crippen molar-refractivity contribution in [2.24, 2.45) is 40.4 Å². The van der Waals surface area contributed by atoms with Gasteiger partial charge in [0.05, 0.1) is 12.2 Å². The van der Waals surface area contributed by atoms with E-state index in [2.05, 4.69) is 40.7 Å². The highest BCUT2D eigenvalue weighted by Gasteiger charge is 2.59. The van der Waals surface area contributed by atoms with Crippen LogP contribution in [0.3, 0.4) is 0 Å². The molecule has 168 valence electrons. The molecule has 3 heteroatoms. The van der Waals surface area contributed by atoms with Crippen LogP contribution < -0.4 is 0 Å². The lowest BCUT2D eigenvalue weighted by Gasteiger charge is -2.58. The fraction of sp³-hybridized carbons (Fsp3) is 0.815. The largest absolute Gasteiger partial charge is 0.393 e. The first-order chi connectivity index (χ1) is 14.1. The molecule has 2 N–H and O–H groups in total. The lowest BCUT2D eigenvalue weighted by molar-refractivity contribution is -0.115. The standard InChI is InChI=1S/C27H42O3/c1-16(2)12-19(29)13-17(3)21-6-7-22-20-15-25(30)24-14-18(28)8-10-27(24,5)23(20)9-11-26(21,22)4/h9,13,16,18,20-22,24-25,28,30H,6-8,10-12,14-15H2,1-5H3/b17-13+. The predicted octanol–water partition coefficient (Wildman–Crippen LogP) is 5.46. The van der Waals surface area contributed by atoms with Crippen molar-refractivity contribution >= 4 is 5.78 Å². The highest BCUT2D eigenvalue weighted by Crippen LogP contribution is 2.66. The molecule has 0 radical (unpaired) electrons. The Kier molecular flexibility index (Phi) is 5.85. The maximum Gasteiger partial charge on any atom is 0.155 e. The Labute approximate surface area is 183 Å². The number of rotatable bonds is 4. The third kappa shape index (κ3) is 3.54. The monoisotopic (exact) mass is 414 g/mol. The van der Waals surface area contributed by atoms with E-state index >= 15 is 0 Å². The maximum atomic E-state index is 12.4. The molecule has 4 rings (SSSR count). The van der Waals surface area contributed by atoms with Gasteiger partial charge in [-0.3, -0.25) is 4.79 Å². The number of carbonyl (C=O) groups is 1. The normalized spacial score (nSPS) is 46.1. The number of allylic oxidation sites excluding steroid dienone is 4. The Balaban J connectivity index is 1.61. The van der Waals surface area contributed by atoms with Crippen LogP contribution in [0.5, 0.6) is 0 Å². The van der Waals surface area contributed by atoms with Crippen molar-refractivity contribution < 1.29 is 15.0 Å². The molecule has 3 saturated carbocycles. The van der Waals surface area contributed by atoms with Gasteiger partial charge in [-0.15, -0.1) is 0 Å². The third-order valence-corrected chi connectivity index (χ3v) is 9.56.